The van der Waals surface area contributed by atoms with Crippen LogP contribution in [0.15, 0.2) is 42.5 Å². The Balaban J connectivity index is 1.99. The van der Waals surface area contributed by atoms with E-state index in [1.807, 2.05) is 0 Å². The Morgan fingerprint density at radius 2 is 1.65 bits per heavy atom. The number of aromatic hydroxyl groups is 1. The second kappa shape index (κ2) is 7.35. The van der Waals surface area contributed by atoms with Crippen LogP contribution in [0.2, 0.25) is 10.0 Å². The summed E-state index contributed by atoms with van der Waals surface area (Å²) in [7, 11) is 0. The summed E-state index contributed by atoms with van der Waals surface area (Å²) in [5.41, 5.74) is 0.633. The van der Waals surface area contributed by atoms with Crippen molar-refractivity contribution < 1.29 is 19.4 Å². The minimum Gasteiger partial charge on any atom is -0.508 e. The molecule has 0 heterocycles. The summed E-state index contributed by atoms with van der Waals surface area (Å²) in [6.45, 7) is 1.44. The van der Waals surface area contributed by atoms with Gasteiger partial charge in [-0.15, -0.1) is 0 Å². The van der Waals surface area contributed by atoms with Gasteiger partial charge in [-0.1, -0.05) is 23.2 Å². The van der Waals surface area contributed by atoms with E-state index in [0.717, 1.165) is 0 Å². The lowest BCUT2D eigenvalue weighted by Crippen LogP contribution is -2.30. The number of benzene rings is 2. The average Bonchev–Trinajstić information content (AvgIpc) is 2.46. The van der Waals surface area contributed by atoms with Gasteiger partial charge in [-0.3, -0.25) is 4.79 Å². The summed E-state index contributed by atoms with van der Waals surface area (Å²) in [6.07, 6.45) is -1.02. The molecule has 23 heavy (non-hydrogen) atoms. The molecule has 0 radical (unpaired) electrons. The molecule has 1 atom stereocenters. The standard InChI is InChI=1S/C16H13Cl2NO4/c1-9(23-16(22)10-2-4-14(20)5-3-10)15(21)19-13-7-11(17)6-12(18)8-13/h2-9,20H,1H3,(H,19,21). The predicted molar refractivity (Wildman–Crippen MR) is 88.1 cm³/mol. The molecule has 2 rings (SSSR count). The molecular formula is C16H13Cl2NO4. The Kier molecular flexibility index (Phi) is 5.47. The molecule has 120 valence electrons. The second-order valence-corrected chi connectivity index (χ2v) is 5.61. The highest BCUT2D eigenvalue weighted by Crippen LogP contribution is 2.22. The average molecular weight is 354 g/mol. The highest BCUT2D eigenvalue weighted by Gasteiger charge is 2.19. The van der Waals surface area contributed by atoms with Crippen molar-refractivity contribution in [3.8, 4) is 5.75 Å². The smallest absolute Gasteiger partial charge is 0.338 e. The Bertz CT molecular complexity index is 711. The molecule has 1 amide bonds. The molecule has 0 aliphatic carbocycles. The molecule has 0 saturated heterocycles. The topological polar surface area (TPSA) is 75.6 Å². The largest absolute Gasteiger partial charge is 0.508 e. The third kappa shape index (κ3) is 4.87. The van der Waals surface area contributed by atoms with Crippen LogP contribution in [0.5, 0.6) is 5.75 Å². The first-order valence-corrected chi connectivity index (χ1v) is 7.38. The fraction of sp³-hybridized carbons (Fsp3) is 0.125. The van der Waals surface area contributed by atoms with E-state index >= 15 is 0 Å². The Morgan fingerprint density at radius 1 is 1.09 bits per heavy atom. The molecule has 0 aliphatic rings. The van der Waals surface area contributed by atoms with Crippen LogP contribution in [0.25, 0.3) is 0 Å². The molecule has 2 aromatic rings. The number of phenols is 1. The van der Waals surface area contributed by atoms with Crippen molar-refractivity contribution in [2.45, 2.75) is 13.0 Å². The van der Waals surface area contributed by atoms with Crippen LogP contribution in [0.1, 0.15) is 17.3 Å². The molecule has 2 N–H and O–H groups in total. The first kappa shape index (κ1) is 17.1. The molecule has 1 unspecified atom stereocenters. The van der Waals surface area contributed by atoms with Crippen LogP contribution in [-0.2, 0) is 9.53 Å². The van der Waals surface area contributed by atoms with Crippen LogP contribution in [0.4, 0.5) is 5.69 Å². The SMILES string of the molecule is CC(OC(=O)c1ccc(O)cc1)C(=O)Nc1cc(Cl)cc(Cl)c1. The number of hydrogen-bond acceptors (Lipinski definition) is 4. The number of rotatable bonds is 4. The summed E-state index contributed by atoms with van der Waals surface area (Å²) in [5, 5.41) is 12.5. The number of anilines is 1. The molecule has 2 aromatic carbocycles. The normalized spacial score (nSPS) is 11.6. The molecule has 5 nitrogen and oxygen atoms in total. The minimum atomic E-state index is -1.02. The Morgan fingerprint density at radius 3 is 2.22 bits per heavy atom. The van der Waals surface area contributed by atoms with Crippen molar-refractivity contribution in [2.75, 3.05) is 5.32 Å². The molecule has 0 spiro atoms. The molecule has 0 bridgehead atoms. The maximum absolute atomic E-state index is 12.0. The fourth-order valence-electron chi connectivity index (χ4n) is 1.75. The van der Waals surface area contributed by atoms with Crippen LogP contribution in [0.3, 0.4) is 0 Å². The third-order valence-corrected chi connectivity index (χ3v) is 3.32. The number of phenolic OH excluding ortho intramolecular Hbond substituents is 1. The zero-order valence-corrected chi connectivity index (χ0v) is 13.6. The highest BCUT2D eigenvalue weighted by molar-refractivity contribution is 6.35. The van der Waals surface area contributed by atoms with Gasteiger partial charge in [0.15, 0.2) is 6.10 Å². The molecule has 0 aromatic heterocycles. The van der Waals surface area contributed by atoms with E-state index in [9.17, 15) is 14.7 Å². The van der Waals surface area contributed by atoms with Gasteiger partial charge in [0.2, 0.25) is 0 Å². The molecule has 0 saturated carbocycles. The number of amides is 1. The van der Waals surface area contributed by atoms with Gasteiger partial charge in [0, 0.05) is 15.7 Å². The maximum atomic E-state index is 12.0. The van der Waals surface area contributed by atoms with E-state index in [-0.39, 0.29) is 11.3 Å². The van der Waals surface area contributed by atoms with E-state index in [4.69, 9.17) is 27.9 Å². The van der Waals surface area contributed by atoms with Gasteiger partial charge in [0.05, 0.1) is 5.56 Å². The summed E-state index contributed by atoms with van der Waals surface area (Å²) in [4.78, 5) is 23.9. The highest BCUT2D eigenvalue weighted by atomic mass is 35.5. The molecule has 0 fully saturated rings. The zero-order chi connectivity index (χ0) is 17.0. The minimum absolute atomic E-state index is 0.0326. The van der Waals surface area contributed by atoms with Crippen LogP contribution < -0.4 is 5.32 Å². The van der Waals surface area contributed by atoms with E-state index in [2.05, 4.69) is 5.32 Å². The predicted octanol–water partition coefficient (Wildman–Crippen LogP) is 3.88. The third-order valence-electron chi connectivity index (χ3n) is 2.89. The lowest BCUT2D eigenvalue weighted by atomic mass is 10.2. The van der Waals surface area contributed by atoms with Crippen molar-refractivity contribution >= 4 is 40.8 Å². The van der Waals surface area contributed by atoms with Crippen LogP contribution >= 0.6 is 23.2 Å². The number of esters is 1. The summed E-state index contributed by atoms with van der Waals surface area (Å²) < 4.78 is 5.07. The van der Waals surface area contributed by atoms with Crippen molar-refractivity contribution in [3.05, 3.63) is 58.1 Å². The first-order valence-electron chi connectivity index (χ1n) is 6.62. The quantitative estimate of drug-likeness (QED) is 0.817. The first-order chi connectivity index (χ1) is 10.8. The van der Waals surface area contributed by atoms with Crippen molar-refractivity contribution in [1.29, 1.82) is 0 Å². The summed E-state index contributed by atoms with van der Waals surface area (Å²) in [6, 6.07) is 10.1. The van der Waals surface area contributed by atoms with Crippen LogP contribution in [-0.4, -0.2) is 23.1 Å². The number of carbonyl (C=O) groups is 2. The number of ether oxygens (including phenoxy) is 1. The lowest BCUT2D eigenvalue weighted by molar-refractivity contribution is -0.123. The Labute approximate surface area is 142 Å². The number of halogens is 2. The molecular weight excluding hydrogens is 341 g/mol. The number of carbonyl (C=O) groups excluding carboxylic acids is 2. The van der Waals surface area contributed by atoms with Gasteiger partial charge >= 0.3 is 5.97 Å². The van der Waals surface area contributed by atoms with Gasteiger partial charge in [-0.05, 0) is 49.4 Å². The summed E-state index contributed by atoms with van der Waals surface area (Å²) in [5.74, 6) is -1.16. The van der Waals surface area contributed by atoms with Crippen molar-refractivity contribution in [3.63, 3.8) is 0 Å². The number of nitrogens with one attached hydrogen (secondary N) is 1. The zero-order valence-electron chi connectivity index (χ0n) is 12.0. The monoisotopic (exact) mass is 353 g/mol. The van der Waals surface area contributed by atoms with Crippen molar-refractivity contribution in [1.82, 2.24) is 0 Å². The van der Waals surface area contributed by atoms with Gasteiger partial charge in [0.25, 0.3) is 5.91 Å². The van der Waals surface area contributed by atoms with Crippen LogP contribution in [0, 0.1) is 0 Å². The van der Waals surface area contributed by atoms with Gasteiger partial charge in [-0.2, -0.15) is 0 Å². The lowest BCUT2D eigenvalue weighted by Gasteiger charge is -2.14. The molecule has 0 aliphatic heterocycles. The fourth-order valence-corrected chi connectivity index (χ4v) is 2.28. The van der Waals surface area contributed by atoms with Gasteiger partial charge in [0.1, 0.15) is 5.75 Å². The van der Waals surface area contributed by atoms with E-state index < -0.39 is 18.0 Å². The van der Waals surface area contributed by atoms with Gasteiger partial charge < -0.3 is 15.2 Å². The Hall–Kier alpha value is -2.24. The van der Waals surface area contributed by atoms with E-state index in [1.54, 1.807) is 0 Å². The number of hydrogen-bond donors (Lipinski definition) is 2. The second-order valence-electron chi connectivity index (χ2n) is 4.74. The van der Waals surface area contributed by atoms with E-state index in [1.165, 1.54) is 49.4 Å². The molecule has 7 heteroatoms. The van der Waals surface area contributed by atoms with E-state index in [0.29, 0.717) is 15.7 Å². The maximum Gasteiger partial charge on any atom is 0.338 e. The summed E-state index contributed by atoms with van der Waals surface area (Å²) >= 11 is 11.7. The van der Waals surface area contributed by atoms with Crippen molar-refractivity contribution in [2.24, 2.45) is 0 Å². The van der Waals surface area contributed by atoms with Gasteiger partial charge in [-0.25, -0.2) is 4.79 Å².